The summed E-state index contributed by atoms with van der Waals surface area (Å²) in [5.74, 6) is 0.728. The van der Waals surface area contributed by atoms with E-state index in [1.54, 1.807) is 19.2 Å². The summed E-state index contributed by atoms with van der Waals surface area (Å²) in [5.41, 5.74) is 14.4. The number of ether oxygens (including phenoxy) is 2. The Kier molecular flexibility index (Phi) is 7.79. The van der Waals surface area contributed by atoms with Crippen LogP contribution < -0.4 is 26.3 Å². The van der Waals surface area contributed by atoms with Crippen LogP contribution in [0.4, 0.5) is 11.4 Å². The quantitative estimate of drug-likeness (QED) is 0.439. The van der Waals surface area contributed by atoms with Gasteiger partial charge in [-0.3, -0.25) is 4.79 Å². The number of nitrogen functional groups attached to an aromatic ring is 2. The summed E-state index contributed by atoms with van der Waals surface area (Å²) in [5, 5.41) is 2.90. The number of carbonyl (C=O) groups is 1. The number of nitrogens with two attached hydrogens (primary N) is 2. The van der Waals surface area contributed by atoms with Gasteiger partial charge < -0.3 is 26.3 Å². The summed E-state index contributed by atoms with van der Waals surface area (Å²) in [6.45, 7) is 3.17. The number of benzene rings is 2. The van der Waals surface area contributed by atoms with Gasteiger partial charge in [0, 0.05) is 12.2 Å². The molecule has 0 saturated heterocycles. The third-order valence-electron chi connectivity index (χ3n) is 4.30. The Morgan fingerprint density at radius 3 is 2.48 bits per heavy atom. The van der Waals surface area contributed by atoms with Crippen molar-refractivity contribution in [2.75, 3.05) is 31.7 Å². The lowest BCUT2D eigenvalue weighted by atomic mass is 10.1. The maximum Gasteiger partial charge on any atom is 0.253 e. The van der Waals surface area contributed by atoms with E-state index in [1.807, 2.05) is 24.3 Å². The SMILES string of the molecule is CCCCCOc1c(OC)ccc(C(=O)NCCc2ccc(N)cc2)c1N. The van der Waals surface area contributed by atoms with E-state index in [-0.39, 0.29) is 5.91 Å². The van der Waals surface area contributed by atoms with Crippen molar-refractivity contribution in [3.05, 3.63) is 47.5 Å². The minimum Gasteiger partial charge on any atom is -0.493 e. The lowest BCUT2D eigenvalue weighted by Crippen LogP contribution is -2.26. The Bertz CT molecular complexity index is 745. The summed E-state index contributed by atoms with van der Waals surface area (Å²) < 4.78 is 11.1. The van der Waals surface area contributed by atoms with Crippen molar-refractivity contribution in [2.24, 2.45) is 0 Å². The maximum atomic E-state index is 12.5. The third kappa shape index (κ3) is 5.81. The second-order valence-electron chi connectivity index (χ2n) is 6.36. The monoisotopic (exact) mass is 371 g/mol. The highest BCUT2D eigenvalue weighted by Crippen LogP contribution is 2.36. The van der Waals surface area contributed by atoms with Gasteiger partial charge in [-0.05, 0) is 42.7 Å². The van der Waals surface area contributed by atoms with E-state index >= 15 is 0 Å². The summed E-state index contributed by atoms with van der Waals surface area (Å²) in [7, 11) is 1.56. The minimum absolute atomic E-state index is 0.232. The zero-order valence-corrected chi connectivity index (χ0v) is 16.1. The molecular weight excluding hydrogens is 342 g/mol. The van der Waals surface area contributed by atoms with Crippen molar-refractivity contribution < 1.29 is 14.3 Å². The molecule has 146 valence electrons. The first-order chi connectivity index (χ1) is 13.1. The number of nitrogens with one attached hydrogen (secondary N) is 1. The van der Waals surface area contributed by atoms with Crippen molar-refractivity contribution in [3.8, 4) is 11.5 Å². The molecular formula is C21H29N3O3. The van der Waals surface area contributed by atoms with Gasteiger partial charge >= 0.3 is 0 Å². The third-order valence-corrected chi connectivity index (χ3v) is 4.30. The van der Waals surface area contributed by atoms with Crippen molar-refractivity contribution >= 4 is 17.3 Å². The summed E-state index contributed by atoms with van der Waals surface area (Å²) in [6.07, 6.45) is 3.82. The van der Waals surface area contributed by atoms with Crippen LogP contribution in [0, 0.1) is 0 Å². The van der Waals surface area contributed by atoms with Crippen molar-refractivity contribution in [1.29, 1.82) is 0 Å². The number of carbonyl (C=O) groups excluding carboxylic acids is 1. The molecule has 0 heterocycles. The number of hydrogen-bond donors (Lipinski definition) is 3. The molecule has 0 atom stereocenters. The van der Waals surface area contributed by atoms with Crippen LogP contribution in [-0.2, 0) is 6.42 Å². The maximum absolute atomic E-state index is 12.5. The molecule has 0 saturated carbocycles. The van der Waals surface area contributed by atoms with Crippen molar-refractivity contribution in [1.82, 2.24) is 5.32 Å². The molecule has 6 nitrogen and oxygen atoms in total. The highest BCUT2D eigenvalue weighted by atomic mass is 16.5. The Labute approximate surface area is 160 Å². The summed E-state index contributed by atoms with van der Waals surface area (Å²) in [6, 6.07) is 11.0. The first-order valence-corrected chi connectivity index (χ1v) is 9.28. The zero-order valence-electron chi connectivity index (χ0n) is 16.1. The van der Waals surface area contributed by atoms with Gasteiger partial charge in [0.1, 0.15) is 0 Å². The molecule has 0 aromatic heterocycles. The molecule has 2 aromatic carbocycles. The first-order valence-electron chi connectivity index (χ1n) is 9.28. The van der Waals surface area contributed by atoms with E-state index in [2.05, 4.69) is 12.2 Å². The van der Waals surface area contributed by atoms with Crippen LogP contribution in [0.5, 0.6) is 11.5 Å². The Morgan fingerprint density at radius 1 is 1.07 bits per heavy atom. The van der Waals surface area contributed by atoms with Crippen LogP contribution in [-0.4, -0.2) is 26.2 Å². The average molecular weight is 371 g/mol. The highest BCUT2D eigenvalue weighted by molar-refractivity contribution is 6.01. The van der Waals surface area contributed by atoms with E-state index < -0.39 is 0 Å². The van der Waals surface area contributed by atoms with E-state index in [1.165, 1.54) is 0 Å². The summed E-state index contributed by atoms with van der Waals surface area (Å²) >= 11 is 0. The second-order valence-corrected chi connectivity index (χ2v) is 6.36. The molecule has 0 spiro atoms. The Morgan fingerprint density at radius 2 is 1.81 bits per heavy atom. The number of methoxy groups -OCH3 is 1. The number of hydrogen-bond acceptors (Lipinski definition) is 5. The molecule has 5 N–H and O–H groups in total. The molecule has 0 aliphatic carbocycles. The number of unbranched alkanes of at least 4 members (excludes halogenated alkanes) is 2. The number of rotatable bonds is 10. The topological polar surface area (TPSA) is 99.6 Å². The van der Waals surface area contributed by atoms with Crippen LogP contribution in [0.1, 0.15) is 42.1 Å². The molecule has 0 bridgehead atoms. The molecule has 0 aliphatic heterocycles. The number of anilines is 2. The van der Waals surface area contributed by atoms with Crippen LogP contribution in [0.2, 0.25) is 0 Å². The van der Waals surface area contributed by atoms with Gasteiger partial charge in [-0.1, -0.05) is 31.9 Å². The fraction of sp³-hybridized carbons (Fsp3) is 0.381. The lowest BCUT2D eigenvalue weighted by Gasteiger charge is -2.16. The van der Waals surface area contributed by atoms with Crippen molar-refractivity contribution in [2.45, 2.75) is 32.6 Å². The van der Waals surface area contributed by atoms with E-state index in [4.69, 9.17) is 20.9 Å². The highest BCUT2D eigenvalue weighted by Gasteiger charge is 2.17. The van der Waals surface area contributed by atoms with Gasteiger partial charge in [0.05, 0.1) is 25.0 Å². The van der Waals surface area contributed by atoms with E-state index in [0.29, 0.717) is 42.3 Å². The van der Waals surface area contributed by atoms with E-state index in [9.17, 15) is 4.79 Å². The molecule has 0 radical (unpaired) electrons. The molecule has 1 amide bonds. The largest absolute Gasteiger partial charge is 0.493 e. The Balaban J connectivity index is 2.00. The van der Waals surface area contributed by atoms with Crippen LogP contribution >= 0.6 is 0 Å². The molecule has 6 heteroatoms. The predicted octanol–water partition coefficient (Wildman–Crippen LogP) is 3.40. The smallest absolute Gasteiger partial charge is 0.253 e. The van der Waals surface area contributed by atoms with Gasteiger partial charge in [0.2, 0.25) is 0 Å². The molecule has 0 aliphatic rings. The van der Waals surface area contributed by atoms with Crippen LogP contribution in [0.25, 0.3) is 0 Å². The average Bonchev–Trinajstić information content (AvgIpc) is 2.67. The molecule has 2 rings (SSSR count). The van der Waals surface area contributed by atoms with Gasteiger partial charge in [0.15, 0.2) is 11.5 Å². The fourth-order valence-corrected chi connectivity index (χ4v) is 2.71. The molecule has 27 heavy (non-hydrogen) atoms. The molecule has 0 fully saturated rings. The lowest BCUT2D eigenvalue weighted by molar-refractivity contribution is 0.0954. The molecule has 0 unspecified atom stereocenters. The first kappa shape index (κ1) is 20.4. The van der Waals surface area contributed by atoms with Crippen LogP contribution in [0.15, 0.2) is 36.4 Å². The van der Waals surface area contributed by atoms with Gasteiger partial charge in [0.25, 0.3) is 5.91 Å². The van der Waals surface area contributed by atoms with Crippen molar-refractivity contribution in [3.63, 3.8) is 0 Å². The summed E-state index contributed by atoms with van der Waals surface area (Å²) in [4.78, 5) is 12.5. The standard InChI is InChI=1S/C21H29N3O3/c1-3-4-5-14-27-20-18(26-2)11-10-17(19(20)23)21(25)24-13-12-15-6-8-16(22)9-7-15/h6-11H,3-5,12-14,22-23H2,1-2H3,(H,24,25). The predicted molar refractivity (Wildman–Crippen MR) is 109 cm³/mol. The minimum atomic E-state index is -0.232. The van der Waals surface area contributed by atoms with Gasteiger partial charge in [-0.15, -0.1) is 0 Å². The number of amides is 1. The fourth-order valence-electron chi connectivity index (χ4n) is 2.71. The van der Waals surface area contributed by atoms with Crippen LogP contribution in [0.3, 0.4) is 0 Å². The Hall–Kier alpha value is -2.89. The normalized spacial score (nSPS) is 10.4. The second kappa shape index (κ2) is 10.3. The van der Waals surface area contributed by atoms with E-state index in [0.717, 1.165) is 30.5 Å². The molecule has 2 aromatic rings. The van der Waals surface area contributed by atoms with Gasteiger partial charge in [-0.2, -0.15) is 0 Å². The zero-order chi connectivity index (χ0) is 19.6. The van der Waals surface area contributed by atoms with Gasteiger partial charge in [-0.25, -0.2) is 0 Å².